The molecule has 12 rings (SSSR count). The third-order valence-electron chi connectivity index (χ3n) is 14.7. The minimum Gasteiger partial charge on any atom is -0.310 e. The summed E-state index contributed by atoms with van der Waals surface area (Å²) in [6.07, 6.45) is 30.8. The maximum atomic E-state index is 2.48. The van der Waals surface area contributed by atoms with E-state index in [0.717, 1.165) is 38.5 Å². The molecule has 0 saturated heterocycles. The molecule has 0 spiro atoms. The van der Waals surface area contributed by atoms with Crippen LogP contribution in [0.2, 0.25) is 0 Å². The Kier molecular flexibility index (Phi) is 10.1. The highest BCUT2D eigenvalue weighted by Gasteiger charge is 2.42. The Labute approximate surface area is 379 Å². The van der Waals surface area contributed by atoms with Crippen LogP contribution in [0.15, 0.2) is 228 Å². The molecular weight excluding hydrogens is 773 g/mol. The van der Waals surface area contributed by atoms with Gasteiger partial charge in [0, 0.05) is 46.0 Å². The zero-order chi connectivity index (χ0) is 42.4. The van der Waals surface area contributed by atoms with Crippen molar-refractivity contribution >= 4 is 22.7 Å². The molecule has 0 aliphatic heterocycles. The Balaban J connectivity index is 0.824. The number of anilines is 4. The largest absolute Gasteiger partial charge is 0.310 e. The maximum absolute atomic E-state index is 2.48. The second-order valence-electron chi connectivity index (χ2n) is 18.6. The van der Waals surface area contributed by atoms with Crippen molar-refractivity contribution in [2.45, 2.75) is 64.2 Å². The van der Waals surface area contributed by atoms with Crippen LogP contribution in [0.1, 0.15) is 57.3 Å². The highest BCUT2D eigenvalue weighted by molar-refractivity contribution is 5.78. The number of hydrogen-bond donors (Lipinski definition) is 0. The molecule has 0 aromatic heterocycles. The quantitative estimate of drug-likeness (QED) is 0.108. The van der Waals surface area contributed by atoms with Gasteiger partial charge in [-0.05, 0) is 192 Å². The van der Waals surface area contributed by atoms with Gasteiger partial charge in [0.05, 0.1) is 0 Å². The first kappa shape index (κ1) is 38.7. The molecule has 2 unspecified atom stereocenters. The molecule has 0 N–H and O–H groups in total. The number of aryl methyl sites for hydroxylation is 8. The Morgan fingerprint density at radius 3 is 1.41 bits per heavy atom. The lowest BCUT2D eigenvalue weighted by Gasteiger charge is -2.45. The van der Waals surface area contributed by atoms with Crippen LogP contribution in [-0.4, -0.2) is 0 Å². The van der Waals surface area contributed by atoms with Crippen molar-refractivity contribution in [1.82, 2.24) is 0 Å². The van der Waals surface area contributed by atoms with E-state index in [9.17, 15) is 0 Å². The van der Waals surface area contributed by atoms with E-state index in [4.69, 9.17) is 0 Å². The van der Waals surface area contributed by atoms with Gasteiger partial charge in [0.2, 0.25) is 0 Å². The number of benzene rings is 6. The van der Waals surface area contributed by atoms with E-state index in [1.807, 2.05) is 0 Å². The zero-order valence-corrected chi connectivity index (χ0v) is 36.6. The van der Waals surface area contributed by atoms with Crippen molar-refractivity contribution in [3.63, 3.8) is 0 Å². The first-order valence-corrected chi connectivity index (χ1v) is 23.7. The summed E-state index contributed by atoms with van der Waals surface area (Å²) in [6, 6.07) is 54.9. The van der Waals surface area contributed by atoms with Gasteiger partial charge >= 0.3 is 0 Å². The average molecular weight is 827 g/mol. The van der Waals surface area contributed by atoms with Crippen LogP contribution in [0, 0.1) is 11.8 Å². The van der Waals surface area contributed by atoms with Crippen LogP contribution >= 0.6 is 0 Å². The molecule has 0 fully saturated rings. The van der Waals surface area contributed by atoms with Crippen LogP contribution < -0.4 is 9.80 Å². The predicted molar refractivity (Wildman–Crippen MR) is 266 cm³/mol. The van der Waals surface area contributed by atoms with Crippen molar-refractivity contribution in [2.24, 2.45) is 11.8 Å². The number of allylic oxidation sites excluding steroid dienone is 12. The number of para-hydroxylation sites is 2. The van der Waals surface area contributed by atoms with Crippen molar-refractivity contribution in [3.05, 3.63) is 272 Å². The summed E-state index contributed by atoms with van der Waals surface area (Å²) in [6.45, 7) is 0. The topological polar surface area (TPSA) is 6.48 Å². The van der Waals surface area contributed by atoms with Crippen molar-refractivity contribution in [1.29, 1.82) is 0 Å². The van der Waals surface area contributed by atoms with E-state index in [2.05, 4.69) is 204 Å². The van der Waals surface area contributed by atoms with Gasteiger partial charge in [-0.3, -0.25) is 0 Å². The Hall–Kier alpha value is -6.90. The third kappa shape index (κ3) is 7.25. The molecule has 0 bridgehead atoms. The fourth-order valence-corrected chi connectivity index (χ4v) is 11.1. The number of rotatable bonds is 14. The van der Waals surface area contributed by atoms with Gasteiger partial charge in [-0.15, -0.1) is 0 Å². The third-order valence-corrected chi connectivity index (χ3v) is 14.7. The molecule has 0 heterocycles. The lowest BCUT2D eigenvalue weighted by Crippen LogP contribution is -2.35. The van der Waals surface area contributed by atoms with Crippen molar-refractivity contribution in [3.8, 4) is 0 Å². The van der Waals surface area contributed by atoms with E-state index in [-0.39, 0.29) is 11.8 Å². The van der Waals surface area contributed by atoms with Gasteiger partial charge in [0.25, 0.3) is 0 Å². The van der Waals surface area contributed by atoms with Crippen LogP contribution in [0.3, 0.4) is 0 Å². The lowest BCUT2D eigenvalue weighted by molar-refractivity contribution is 0.551. The predicted octanol–water partition coefficient (Wildman–Crippen LogP) is 14.5. The molecule has 2 atom stereocenters. The molecule has 6 aliphatic rings. The molecule has 64 heavy (non-hydrogen) atoms. The lowest BCUT2D eigenvalue weighted by atomic mass is 9.63. The smallest absolute Gasteiger partial charge is 0.0500 e. The monoisotopic (exact) mass is 826 g/mol. The first-order chi connectivity index (χ1) is 31.7. The highest BCUT2D eigenvalue weighted by atomic mass is 15.2. The molecule has 6 aliphatic carbocycles. The molecule has 2 nitrogen and oxygen atoms in total. The molecular formula is C62H54N2. The fourth-order valence-electron chi connectivity index (χ4n) is 11.1. The minimum atomic E-state index is 0.210. The summed E-state index contributed by atoms with van der Waals surface area (Å²) in [7, 11) is 0. The fraction of sp³-hybridized carbons (Fsp3) is 0.194. The average Bonchev–Trinajstić information content (AvgIpc) is 3.32. The summed E-state index contributed by atoms with van der Waals surface area (Å²) in [5.74, 6) is 0.420. The first-order valence-electron chi connectivity index (χ1n) is 23.7. The van der Waals surface area contributed by atoms with Gasteiger partial charge < -0.3 is 9.80 Å². The second-order valence-corrected chi connectivity index (χ2v) is 18.6. The number of nitrogens with zero attached hydrogens (tertiary/aromatic N) is 2. The molecule has 6 aromatic rings. The summed E-state index contributed by atoms with van der Waals surface area (Å²) in [5.41, 5.74) is 24.7. The molecule has 0 saturated carbocycles. The molecule has 2 heteroatoms. The molecule has 312 valence electrons. The summed E-state index contributed by atoms with van der Waals surface area (Å²) >= 11 is 0. The van der Waals surface area contributed by atoms with Crippen LogP contribution in [0.25, 0.3) is 0 Å². The van der Waals surface area contributed by atoms with E-state index in [1.54, 1.807) is 22.3 Å². The number of fused-ring (bicyclic) bond motifs is 2. The van der Waals surface area contributed by atoms with Crippen molar-refractivity contribution < 1.29 is 0 Å². The molecule has 6 aromatic carbocycles. The Morgan fingerprint density at radius 2 is 0.844 bits per heavy atom. The van der Waals surface area contributed by atoms with Gasteiger partial charge in [-0.25, -0.2) is 0 Å². The van der Waals surface area contributed by atoms with Crippen molar-refractivity contribution in [2.75, 3.05) is 9.80 Å². The van der Waals surface area contributed by atoms with E-state index < -0.39 is 0 Å². The molecule has 0 radical (unpaired) electrons. The van der Waals surface area contributed by atoms with Crippen LogP contribution in [-0.2, 0) is 51.4 Å². The van der Waals surface area contributed by atoms with E-state index >= 15 is 0 Å². The van der Waals surface area contributed by atoms with E-state index in [0.29, 0.717) is 0 Å². The van der Waals surface area contributed by atoms with Gasteiger partial charge in [-0.1, -0.05) is 134 Å². The zero-order valence-electron chi connectivity index (χ0n) is 36.6. The normalized spacial score (nSPS) is 18.3. The number of hydrogen-bond acceptors (Lipinski definition) is 2. The van der Waals surface area contributed by atoms with Crippen LogP contribution in [0.4, 0.5) is 22.7 Å². The summed E-state index contributed by atoms with van der Waals surface area (Å²) < 4.78 is 0. The van der Waals surface area contributed by atoms with E-state index in [1.165, 1.54) is 104 Å². The van der Waals surface area contributed by atoms with Gasteiger partial charge in [-0.2, -0.15) is 0 Å². The standard InChI is InChI=1S/C62H54N2/c1-3-13-53(14-4-1)63(55-33-19-43(20-34-55)9-7-11-45-17-23-47-25-27-51(47)41-45)59-39-31-49-30-38-58-60(40-32-50-29-37-57(59)61(49)62(50)58)64(54-15-5-2-6-16-54)56-35-21-44(22-36-56)10-8-12-46-18-24-48-26-28-52(48)42-46/h1-6,13-24,29-42,61-62H,7-12,25-28H2. The van der Waals surface area contributed by atoms with Gasteiger partial charge in [0.1, 0.15) is 0 Å². The maximum Gasteiger partial charge on any atom is 0.0500 e. The molecule has 0 amide bonds. The Bertz CT molecular complexity index is 2970. The minimum absolute atomic E-state index is 0.210. The second kappa shape index (κ2) is 16.7. The summed E-state index contributed by atoms with van der Waals surface area (Å²) in [5, 5.41) is 0. The highest BCUT2D eigenvalue weighted by Crippen LogP contribution is 2.54. The van der Waals surface area contributed by atoms with Gasteiger partial charge in [0.15, 0.2) is 0 Å². The SMILES string of the molecule is C1=CC2=C(N(c3ccccc3)c3ccc(CCCc4ccc5c(c4)CC5)cc3)C=CC3=CC=C4C(N(c5ccccc5)c5ccc(CCCc6ccc7c(c6)CC7)cc5)=CC=C1C4C32. The summed E-state index contributed by atoms with van der Waals surface area (Å²) in [4.78, 5) is 4.96. The van der Waals surface area contributed by atoms with Crippen LogP contribution in [0.5, 0.6) is 0 Å². The Morgan fingerprint density at radius 1 is 0.375 bits per heavy atom.